The number of hydrogen-bond donors (Lipinski definition) is 0. The van der Waals surface area contributed by atoms with Crippen LogP contribution in [0.2, 0.25) is 0 Å². The molecule has 0 bridgehead atoms. The van der Waals surface area contributed by atoms with Crippen LogP contribution < -0.4 is 4.90 Å². The molecule has 1 atom stereocenters. The number of alkyl halides is 1. The first-order valence-electron chi connectivity index (χ1n) is 5.20. The van der Waals surface area contributed by atoms with Gasteiger partial charge in [-0.3, -0.25) is 0 Å². The monoisotopic (exact) mass is 230 g/mol. The summed E-state index contributed by atoms with van der Waals surface area (Å²) in [5.41, 5.74) is 0.784. The molecule has 1 unspecified atom stereocenters. The average molecular weight is 231 g/mol. The van der Waals surface area contributed by atoms with E-state index in [4.69, 9.17) is 20.8 Å². The molecule has 5 heteroatoms. The van der Waals surface area contributed by atoms with Crippen LogP contribution in [0.15, 0.2) is 10.7 Å². The molecule has 2 heterocycles. The van der Waals surface area contributed by atoms with Crippen molar-refractivity contribution >= 4 is 17.6 Å². The molecule has 15 heavy (non-hydrogen) atoms. The lowest BCUT2D eigenvalue weighted by Gasteiger charge is -2.31. The van der Waals surface area contributed by atoms with Gasteiger partial charge < -0.3 is 14.1 Å². The summed E-state index contributed by atoms with van der Waals surface area (Å²) in [6.45, 7) is 4.53. The Hall–Kier alpha value is -0.740. The lowest BCUT2D eigenvalue weighted by atomic mass is 10.2. The molecule has 0 aliphatic carbocycles. The second-order valence-electron chi connectivity index (χ2n) is 3.60. The number of ether oxygens (including phenoxy) is 1. The van der Waals surface area contributed by atoms with Gasteiger partial charge in [0.05, 0.1) is 24.3 Å². The Balaban J connectivity index is 2.03. The Kier molecular flexibility index (Phi) is 3.49. The SMILES string of the molecule is CCC1CN(c2nc(CCl)co2)CCO1. The molecule has 1 saturated heterocycles. The topological polar surface area (TPSA) is 38.5 Å². The van der Waals surface area contributed by atoms with Crippen LogP contribution in [0.4, 0.5) is 6.01 Å². The standard InChI is InChI=1S/C10H15ClN2O2/c1-2-9-6-13(3-4-14-9)10-12-8(5-11)7-15-10/h7,9H,2-6H2,1H3. The van der Waals surface area contributed by atoms with Crippen molar-refractivity contribution in [1.29, 1.82) is 0 Å². The molecule has 1 aromatic rings. The maximum absolute atomic E-state index is 5.67. The quantitative estimate of drug-likeness (QED) is 0.745. The number of morpholine rings is 1. The van der Waals surface area contributed by atoms with Gasteiger partial charge in [-0.25, -0.2) is 0 Å². The maximum atomic E-state index is 5.67. The van der Waals surface area contributed by atoms with E-state index in [0.717, 1.165) is 31.8 Å². The summed E-state index contributed by atoms with van der Waals surface area (Å²) in [4.78, 5) is 6.40. The van der Waals surface area contributed by atoms with E-state index < -0.39 is 0 Å². The van der Waals surface area contributed by atoms with E-state index in [9.17, 15) is 0 Å². The van der Waals surface area contributed by atoms with Gasteiger partial charge in [-0.05, 0) is 6.42 Å². The van der Waals surface area contributed by atoms with Crippen molar-refractivity contribution in [3.63, 3.8) is 0 Å². The van der Waals surface area contributed by atoms with Gasteiger partial charge in [0.2, 0.25) is 0 Å². The fraction of sp³-hybridized carbons (Fsp3) is 0.700. The first-order chi connectivity index (χ1) is 7.33. The van der Waals surface area contributed by atoms with Crippen LogP contribution in [0.5, 0.6) is 0 Å². The number of rotatable bonds is 3. The highest BCUT2D eigenvalue weighted by atomic mass is 35.5. The molecular weight excluding hydrogens is 216 g/mol. The van der Waals surface area contributed by atoms with Gasteiger partial charge in [0.15, 0.2) is 0 Å². The first-order valence-corrected chi connectivity index (χ1v) is 5.74. The Morgan fingerprint density at radius 2 is 2.53 bits per heavy atom. The third kappa shape index (κ3) is 2.44. The summed E-state index contributed by atoms with van der Waals surface area (Å²) in [6.07, 6.45) is 2.91. The minimum atomic E-state index is 0.283. The predicted molar refractivity (Wildman–Crippen MR) is 58.3 cm³/mol. The summed E-state index contributed by atoms with van der Waals surface area (Å²) < 4.78 is 10.9. The second kappa shape index (κ2) is 4.86. The first kappa shape index (κ1) is 10.8. The normalized spacial score (nSPS) is 22.0. The minimum absolute atomic E-state index is 0.283. The van der Waals surface area contributed by atoms with Crippen molar-refractivity contribution < 1.29 is 9.15 Å². The molecule has 0 aromatic carbocycles. The Bertz CT molecular complexity index is 316. The summed E-state index contributed by atoms with van der Waals surface area (Å²) in [5, 5.41) is 0. The van der Waals surface area contributed by atoms with Crippen molar-refractivity contribution in [2.45, 2.75) is 25.3 Å². The molecule has 0 spiro atoms. The molecule has 2 rings (SSSR count). The van der Waals surface area contributed by atoms with E-state index in [1.165, 1.54) is 0 Å². The van der Waals surface area contributed by atoms with Crippen LogP contribution in [-0.2, 0) is 10.6 Å². The molecule has 0 saturated carbocycles. The van der Waals surface area contributed by atoms with Crippen LogP contribution in [0, 0.1) is 0 Å². The number of anilines is 1. The van der Waals surface area contributed by atoms with Crippen LogP contribution in [0.3, 0.4) is 0 Å². The fourth-order valence-electron chi connectivity index (χ4n) is 1.64. The largest absolute Gasteiger partial charge is 0.432 e. The van der Waals surface area contributed by atoms with Crippen LogP contribution in [-0.4, -0.2) is 30.8 Å². The number of aromatic nitrogens is 1. The lowest BCUT2D eigenvalue weighted by molar-refractivity contribution is 0.0367. The molecule has 1 aliphatic heterocycles. The zero-order valence-corrected chi connectivity index (χ0v) is 9.54. The third-order valence-electron chi connectivity index (χ3n) is 2.54. The van der Waals surface area contributed by atoms with E-state index in [1.807, 2.05) is 0 Å². The highest BCUT2D eigenvalue weighted by Crippen LogP contribution is 2.18. The molecule has 1 aromatic heterocycles. The van der Waals surface area contributed by atoms with Gasteiger partial charge in [0.25, 0.3) is 6.01 Å². The molecule has 84 valence electrons. The number of oxazole rings is 1. The minimum Gasteiger partial charge on any atom is -0.432 e. The van der Waals surface area contributed by atoms with Gasteiger partial charge in [-0.2, -0.15) is 4.98 Å². The molecule has 1 aliphatic rings. The molecular formula is C10H15ClN2O2. The molecule has 4 nitrogen and oxygen atoms in total. The van der Waals surface area contributed by atoms with Gasteiger partial charge in [-0.1, -0.05) is 6.92 Å². The van der Waals surface area contributed by atoms with Crippen molar-refractivity contribution in [2.75, 3.05) is 24.6 Å². The van der Waals surface area contributed by atoms with Gasteiger partial charge >= 0.3 is 0 Å². The lowest BCUT2D eigenvalue weighted by Crippen LogP contribution is -2.42. The van der Waals surface area contributed by atoms with E-state index in [0.29, 0.717) is 11.9 Å². The predicted octanol–water partition coefficient (Wildman–Crippen LogP) is 2.03. The van der Waals surface area contributed by atoms with Crippen LogP contribution in [0.25, 0.3) is 0 Å². The van der Waals surface area contributed by atoms with Crippen molar-refractivity contribution in [2.24, 2.45) is 0 Å². The van der Waals surface area contributed by atoms with Crippen molar-refractivity contribution in [1.82, 2.24) is 4.98 Å². The zero-order valence-electron chi connectivity index (χ0n) is 8.78. The third-order valence-corrected chi connectivity index (χ3v) is 2.82. The summed E-state index contributed by atoms with van der Waals surface area (Å²) in [5.74, 6) is 0.394. The Labute approximate surface area is 94.2 Å². The number of nitrogens with zero attached hydrogens (tertiary/aromatic N) is 2. The van der Waals surface area contributed by atoms with E-state index in [1.54, 1.807) is 6.26 Å². The van der Waals surface area contributed by atoms with Crippen LogP contribution >= 0.6 is 11.6 Å². The summed E-state index contributed by atoms with van der Waals surface area (Å²) >= 11 is 5.67. The van der Waals surface area contributed by atoms with Gasteiger partial charge in [-0.15, -0.1) is 11.6 Å². The molecule has 0 N–H and O–H groups in total. The zero-order chi connectivity index (χ0) is 10.7. The number of hydrogen-bond acceptors (Lipinski definition) is 4. The van der Waals surface area contributed by atoms with Gasteiger partial charge in [0.1, 0.15) is 6.26 Å². The highest BCUT2D eigenvalue weighted by Gasteiger charge is 2.22. The van der Waals surface area contributed by atoms with Crippen molar-refractivity contribution in [3.05, 3.63) is 12.0 Å². The summed E-state index contributed by atoms with van der Waals surface area (Å²) in [7, 11) is 0. The van der Waals surface area contributed by atoms with E-state index in [-0.39, 0.29) is 6.10 Å². The maximum Gasteiger partial charge on any atom is 0.297 e. The Morgan fingerprint density at radius 1 is 1.67 bits per heavy atom. The molecule has 0 amide bonds. The van der Waals surface area contributed by atoms with Gasteiger partial charge in [0, 0.05) is 13.1 Å². The van der Waals surface area contributed by atoms with E-state index in [2.05, 4.69) is 16.8 Å². The average Bonchev–Trinajstić information content (AvgIpc) is 2.78. The summed E-state index contributed by atoms with van der Waals surface area (Å²) in [6, 6.07) is 0.660. The second-order valence-corrected chi connectivity index (χ2v) is 3.87. The fourth-order valence-corrected chi connectivity index (χ4v) is 1.77. The highest BCUT2D eigenvalue weighted by molar-refractivity contribution is 6.16. The van der Waals surface area contributed by atoms with E-state index >= 15 is 0 Å². The smallest absolute Gasteiger partial charge is 0.297 e. The molecule has 1 fully saturated rings. The van der Waals surface area contributed by atoms with Crippen LogP contribution in [0.1, 0.15) is 19.0 Å². The number of halogens is 1. The van der Waals surface area contributed by atoms with Crippen molar-refractivity contribution in [3.8, 4) is 0 Å². The Morgan fingerprint density at radius 3 is 3.20 bits per heavy atom. The molecule has 0 radical (unpaired) electrons.